The van der Waals surface area contributed by atoms with Crippen molar-refractivity contribution in [1.29, 1.82) is 0 Å². The number of rotatable bonds is 11. The number of anilines is 1. The molecular weight excluding hydrogens is 566 g/mol. The molecule has 9 heteroatoms. The molecule has 1 aromatic heterocycles. The zero-order valence-corrected chi connectivity index (χ0v) is 26.1. The van der Waals surface area contributed by atoms with Crippen LogP contribution in [0, 0.1) is 5.92 Å². The minimum Gasteiger partial charge on any atom is -0.461 e. The number of benzene rings is 2. The summed E-state index contributed by atoms with van der Waals surface area (Å²) >= 11 is 0. The first kappa shape index (κ1) is 31.6. The fourth-order valence-corrected chi connectivity index (χ4v) is 5.88. The highest BCUT2D eigenvalue weighted by Crippen LogP contribution is 2.30. The number of pyridine rings is 1. The molecular formula is C36H41N5O4. The molecule has 0 saturated carbocycles. The Kier molecular flexibility index (Phi) is 10.4. The molecule has 5 rings (SSSR count). The van der Waals surface area contributed by atoms with E-state index >= 15 is 0 Å². The fraction of sp³-hybridized carbons (Fsp3) is 0.361. The van der Waals surface area contributed by atoms with E-state index in [1.54, 1.807) is 24.4 Å². The van der Waals surface area contributed by atoms with E-state index in [-0.39, 0.29) is 36.7 Å². The fourth-order valence-electron chi connectivity index (χ4n) is 5.88. The molecule has 234 valence electrons. The molecule has 3 N–H and O–H groups in total. The maximum atomic E-state index is 13.3. The van der Waals surface area contributed by atoms with Crippen LogP contribution in [0.2, 0.25) is 0 Å². The molecule has 2 amide bonds. The standard InChI is InChI=1S/C36H41N5O4/c1-3-14-41(15-4-2)36(44)29-18-26-12-13-28(20-32(26)40-33(37)21-29)35(43)39-30-19-27-11-10-25(16-31(27)38-22-30)17-34(42)45-23-24-8-6-5-7-9-24/h5-9,12-13,18-20,22,25H,3-4,10-11,14-17,21,23H2,1-2H3,(H2,37,40)(H,39,43). The Hall–Kier alpha value is -4.79. The van der Waals surface area contributed by atoms with Gasteiger partial charge in [0.2, 0.25) is 5.91 Å². The third-order valence-electron chi connectivity index (χ3n) is 8.13. The van der Waals surface area contributed by atoms with E-state index in [1.165, 1.54) is 0 Å². The third-order valence-corrected chi connectivity index (χ3v) is 8.13. The summed E-state index contributed by atoms with van der Waals surface area (Å²) in [5, 5.41) is 2.96. The molecule has 0 bridgehead atoms. The summed E-state index contributed by atoms with van der Waals surface area (Å²) in [4.78, 5) is 49.9. The quantitative estimate of drug-likeness (QED) is 0.258. The van der Waals surface area contributed by atoms with E-state index in [2.05, 4.69) is 29.1 Å². The van der Waals surface area contributed by atoms with E-state index in [0.29, 0.717) is 54.3 Å². The van der Waals surface area contributed by atoms with Gasteiger partial charge in [-0.3, -0.25) is 19.4 Å². The van der Waals surface area contributed by atoms with Crippen LogP contribution >= 0.6 is 0 Å². The van der Waals surface area contributed by atoms with Crippen molar-refractivity contribution in [2.24, 2.45) is 16.6 Å². The van der Waals surface area contributed by atoms with Crippen molar-refractivity contribution in [2.75, 3.05) is 18.4 Å². The number of nitrogens with zero attached hydrogens (tertiary/aromatic N) is 3. The maximum absolute atomic E-state index is 13.3. The molecule has 1 atom stereocenters. The number of hydrogen-bond acceptors (Lipinski definition) is 7. The van der Waals surface area contributed by atoms with E-state index in [4.69, 9.17) is 10.5 Å². The van der Waals surface area contributed by atoms with Crippen molar-refractivity contribution >= 4 is 41.1 Å². The van der Waals surface area contributed by atoms with Crippen molar-refractivity contribution in [3.05, 3.63) is 94.3 Å². The van der Waals surface area contributed by atoms with Gasteiger partial charge < -0.3 is 20.7 Å². The highest BCUT2D eigenvalue weighted by Gasteiger charge is 2.24. The minimum atomic E-state index is -0.287. The number of hydrogen-bond donors (Lipinski definition) is 2. The van der Waals surface area contributed by atoms with Gasteiger partial charge in [0.25, 0.3) is 5.91 Å². The highest BCUT2D eigenvalue weighted by atomic mass is 16.5. The largest absolute Gasteiger partial charge is 0.461 e. The van der Waals surface area contributed by atoms with Crippen LogP contribution in [-0.4, -0.2) is 46.6 Å². The van der Waals surface area contributed by atoms with Crippen LogP contribution in [0.3, 0.4) is 0 Å². The molecule has 0 fully saturated rings. The predicted molar refractivity (Wildman–Crippen MR) is 176 cm³/mol. The Labute approximate surface area is 264 Å². The Morgan fingerprint density at radius 3 is 2.58 bits per heavy atom. The first-order valence-electron chi connectivity index (χ1n) is 15.8. The van der Waals surface area contributed by atoms with Crippen molar-refractivity contribution in [3.8, 4) is 0 Å². The molecule has 3 aromatic rings. The van der Waals surface area contributed by atoms with Crippen molar-refractivity contribution < 1.29 is 19.1 Å². The molecule has 1 aliphatic heterocycles. The van der Waals surface area contributed by atoms with Crippen LogP contribution in [0.4, 0.5) is 11.4 Å². The van der Waals surface area contributed by atoms with Crippen LogP contribution in [-0.2, 0) is 33.8 Å². The molecule has 2 aromatic carbocycles. The number of ether oxygens (including phenoxy) is 1. The lowest BCUT2D eigenvalue weighted by Gasteiger charge is -2.23. The Morgan fingerprint density at radius 1 is 1.04 bits per heavy atom. The van der Waals surface area contributed by atoms with E-state index < -0.39 is 0 Å². The Morgan fingerprint density at radius 2 is 1.82 bits per heavy atom. The summed E-state index contributed by atoms with van der Waals surface area (Å²) in [5.74, 6) is -0.00480. The van der Waals surface area contributed by atoms with Crippen molar-refractivity contribution in [3.63, 3.8) is 0 Å². The summed E-state index contributed by atoms with van der Waals surface area (Å²) in [6.07, 6.45) is 8.19. The second kappa shape index (κ2) is 14.8. The lowest BCUT2D eigenvalue weighted by atomic mass is 9.85. The minimum absolute atomic E-state index is 0.0271. The Bertz CT molecular complexity index is 1610. The van der Waals surface area contributed by atoms with Gasteiger partial charge in [-0.2, -0.15) is 0 Å². The number of nitrogens with one attached hydrogen (secondary N) is 1. The summed E-state index contributed by atoms with van der Waals surface area (Å²) in [7, 11) is 0. The van der Waals surface area contributed by atoms with Gasteiger partial charge in [0.1, 0.15) is 12.4 Å². The number of nitrogens with two attached hydrogens (primary N) is 1. The van der Waals surface area contributed by atoms with E-state index in [9.17, 15) is 14.4 Å². The SMILES string of the molecule is CCCN(CCC)C(=O)C1=Cc2ccc(C(=O)Nc3cnc4c(c3)CCC(CC(=O)OCc3ccccc3)C4)cc2N=C(N)C1. The monoisotopic (exact) mass is 607 g/mol. The molecule has 2 aliphatic rings. The first-order valence-corrected chi connectivity index (χ1v) is 15.8. The first-order chi connectivity index (χ1) is 21.8. The normalized spacial score (nSPS) is 15.5. The summed E-state index contributed by atoms with van der Waals surface area (Å²) in [6, 6.07) is 16.9. The Balaban J connectivity index is 1.21. The second-order valence-electron chi connectivity index (χ2n) is 11.8. The third kappa shape index (κ3) is 8.23. The summed E-state index contributed by atoms with van der Waals surface area (Å²) in [5.41, 5.74) is 12.1. The molecule has 0 spiro atoms. The van der Waals surface area contributed by atoms with E-state index in [0.717, 1.165) is 48.1 Å². The van der Waals surface area contributed by atoms with Gasteiger partial charge in [0.15, 0.2) is 0 Å². The number of esters is 1. The van der Waals surface area contributed by atoms with Gasteiger partial charge in [-0.05, 0) is 73.4 Å². The van der Waals surface area contributed by atoms with Crippen LogP contribution in [0.15, 0.2) is 71.4 Å². The molecule has 0 radical (unpaired) electrons. The number of carbonyl (C=O) groups is 3. The lowest BCUT2D eigenvalue weighted by molar-refractivity contribution is -0.146. The maximum Gasteiger partial charge on any atom is 0.306 e. The zero-order valence-electron chi connectivity index (χ0n) is 26.1. The second-order valence-corrected chi connectivity index (χ2v) is 11.8. The van der Waals surface area contributed by atoms with Crippen LogP contribution in [0.25, 0.3) is 6.08 Å². The average Bonchev–Trinajstić information content (AvgIpc) is 3.21. The van der Waals surface area contributed by atoms with Gasteiger partial charge in [-0.25, -0.2) is 4.99 Å². The molecule has 1 aliphatic carbocycles. The number of carbonyl (C=O) groups excluding carboxylic acids is 3. The molecule has 1 unspecified atom stereocenters. The predicted octanol–water partition coefficient (Wildman–Crippen LogP) is 6.00. The van der Waals surface area contributed by atoms with Gasteiger partial charge in [0, 0.05) is 48.3 Å². The van der Waals surface area contributed by atoms with Crippen LogP contribution in [0.5, 0.6) is 0 Å². The molecule has 45 heavy (non-hydrogen) atoms. The van der Waals surface area contributed by atoms with Crippen molar-refractivity contribution in [1.82, 2.24) is 9.88 Å². The number of aliphatic imine (C=N–C) groups is 1. The average molecular weight is 608 g/mol. The lowest BCUT2D eigenvalue weighted by Crippen LogP contribution is -2.34. The number of amides is 2. The summed E-state index contributed by atoms with van der Waals surface area (Å²) < 4.78 is 5.47. The van der Waals surface area contributed by atoms with Gasteiger partial charge in [-0.15, -0.1) is 0 Å². The zero-order chi connectivity index (χ0) is 31.8. The smallest absolute Gasteiger partial charge is 0.306 e. The molecule has 9 nitrogen and oxygen atoms in total. The number of aryl methyl sites for hydroxylation is 1. The van der Waals surface area contributed by atoms with Crippen LogP contribution in [0.1, 0.15) is 78.7 Å². The number of aromatic nitrogens is 1. The molecule has 2 heterocycles. The molecule has 0 saturated heterocycles. The van der Waals surface area contributed by atoms with Crippen LogP contribution < -0.4 is 11.1 Å². The van der Waals surface area contributed by atoms with Crippen molar-refractivity contribution in [2.45, 2.75) is 65.4 Å². The van der Waals surface area contributed by atoms with Gasteiger partial charge >= 0.3 is 5.97 Å². The summed E-state index contributed by atoms with van der Waals surface area (Å²) in [6.45, 7) is 5.77. The topological polar surface area (TPSA) is 127 Å². The number of fused-ring (bicyclic) bond motifs is 2. The van der Waals surface area contributed by atoms with Gasteiger partial charge in [-0.1, -0.05) is 50.2 Å². The highest BCUT2D eigenvalue weighted by molar-refractivity contribution is 6.07. The number of amidine groups is 1. The van der Waals surface area contributed by atoms with E-state index in [1.807, 2.05) is 47.4 Å². The van der Waals surface area contributed by atoms with Gasteiger partial charge in [0.05, 0.1) is 17.6 Å².